The molecule has 3 heteroatoms. The molecule has 1 aromatic carbocycles. The summed E-state index contributed by atoms with van der Waals surface area (Å²) < 4.78 is 5.03. The van der Waals surface area contributed by atoms with E-state index in [9.17, 15) is 4.79 Å². The van der Waals surface area contributed by atoms with Crippen molar-refractivity contribution in [2.45, 2.75) is 19.4 Å². The van der Waals surface area contributed by atoms with Crippen LogP contribution in [0.5, 0.6) is 0 Å². The summed E-state index contributed by atoms with van der Waals surface area (Å²) in [6, 6.07) is 9.62. The van der Waals surface area contributed by atoms with Crippen LogP contribution < -0.4 is 0 Å². The quantitative estimate of drug-likeness (QED) is 0.554. The van der Waals surface area contributed by atoms with Gasteiger partial charge in [-0.1, -0.05) is 30.3 Å². The number of carbonyl (C=O) groups is 1. The summed E-state index contributed by atoms with van der Waals surface area (Å²) in [4.78, 5) is 11.1. The highest BCUT2D eigenvalue weighted by molar-refractivity contribution is 6.17. The molecule has 0 unspecified atom stereocenters. The predicted octanol–water partition coefficient (Wildman–Crippen LogP) is 2.75. The van der Waals surface area contributed by atoms with Crippen LogP contribution in [0.15, 0.2) is 30.3 Å². The summed E-state index contributed by atoms with van der Waals surface area (Å²) in [7, 11) is 0. The van der Waals surface area contributed by atoms with E-state index in [4.69, 9.17) is 16.3 Å². The van der Waals surface area contributed by atoms with Crippen LogP contribution in [0.3, 0.4) is 0 Å². The van der Waals surface area contributed by atoms with Gasteiger partial charge in [-0.2, -0.15) is 0 Å². The van der Waals surface area contributed by atoms with E-state index in [1.807, 2.05) is 30.3 Å². The van der Waals surface area contributed by atoms with Crippen LogP contribution in [-0.2, 0) is 16.1 Å². The molecular weight excluding hydrogens is 200 g/mol. The first kappa shape index (κ1) is 11.1. The lowest BCUT2D eigenvalue weighted by Gasteiger charge is -2.03. The van der Waals surface area contributed by atoms with Gasteiger partial charge in [-0.15, -0.1) is 11.6 Å². The highest BCUT2D eigenvalue weighted by Crippen LogP contribution is 2.02. The van der Waals surface area contributed by atoms with E-state index in [0.29, 0.717) is 25.3 Å². The molecule has 0 spiro atoms. The fourth-order valence-corrected chi connectivity index (χ4v) is 1.16. The summed E-state index contributed by atoms with van der Waals surface area (Å²) >= 11 is 5.45. The second-order valence-electron chi connectivity index (χ2n) is 2.94. The van der Waals surface area contributed by atoms with Gasteiger partial charge < -0.3 is 4.74 Å². The van der Waals surface area contributed by atoms with Crippen LogP contribution in [0, 0.1) is 0 Å². The Morgan fingerprint density at radius 1 is 1.29 bits per heavy atom. The molecule has 0 aromatic heterocycles. The number of halogens is 1. The largest absolute Gasteiger partial charge is 0.461 e. The average Bonchev–Trinajstić information content (AvgIpc) is 2.25. The van der Waals surface area contributed by atoms with Crippen LogP contribution in [0.2, 0.25) is 0 Å². The van der Waals surface area contributed by atoms with Crippen LogP contribution in [-0.4, -0.2) is 11.8 Å². The minimum absolute atomic E-state index is 0.186. The molecule has 0 N–H and O–H groups in total. The van der Waals surface area contributed by atoms with E-state index in [1.165, 1.54) is 0 Å². The van der Waals surface area contributed by atoms with Gasteiger partial charge in [-0.25, -0.2) is 0 Å². The number of rotatable bonds is 5. The molecule has 76 valence electrons. The minimum Gasteiger partial charge on any atom is -0.461 e. The van der Waals surface area contributed by atoms with Gasteiger partial charge in [0.15, 0.2) is 0 Å². The SMILES string of the molecule is O=C(CCCCl)OCc1ccccc1. The number of alkyl halides is 1. The maximum Gasteiger partial charge on any atom is 0.306 e. The number of carbonyl (C=O) groups excluding carboxylic acids is 1. The second kappa shape index (κ2) is 6.44. The molecule has 0 amide bonds. The van der Waals surface area contributed by atoms with E-state index < -0.39 is 0 Å². The van der Waals surface area contributed by atoms with Gasteiger partial charge in [-0.3, -0.25) is 4.79 Å². The van der Waals surface area contributed by atoms with Crippen LogP contribution >= 0.6 is 11.6 Å². The first-order valence-corrected chi connectivity index (χ1v) is 5.12. The van der Waals surface area contributed by atoms with Crippen molar-refractivity contribution >= 4 is 17.6 Å². The molecule has 0 aliphatic heterocycles. The lowest BCUT2D eigenvalue weighted by atomic mass is 10.2. The fraction of sp³-hybridized carbons (Fsp3) is 0.364. The van der Waals surface area contributed by atoms with Gasteiger partial charge in [-0.05, 0) is 12.0 Å². The van der Waals surface area contributed by atoms with Crippen LogP contribution in [0.25, 0.3) is 0 Å². The number of ether oxygens (including phenoxy) is 1. The Bertz CT molecular complexity index is 272. The summed E-state index contributed by atoms with van der Waals surface area (Å²) in [5.74, 6) is 0.315. The third-order valence-electron chi connectivity index (χ3n) is 1.76. The zero-order valence-electron chi connectivity index (χ0n) is 7.91. The molecule has 14 heavy (non-hydrogen) atoms. The van der Waals surface area contributed by atoms with E-state index in [2.05, 4.69) is 0 Å². The van der Waals surface area contributed by atoms with Crippen molar-refractivity contribution in [1.82, 2.24) is 0 Å². The zero-order chi connectivity index (χ0) is 10.2. The smallest absolute Gasteiger partial charge is 0.306 e. The Morgan fingerprint density at radius 2 is 2.00 bits per heavy atom. The summed E-state index contributed by atoms with van der Waals surface area (Å²) in [5, 5.41) is 0. The fourth-order valence-electron chi connectivity index (χ4n) is 1.02. The van der Waals surface area contributed by atoms with Crippen molar-refractivity contribution in [3.8, 4) is 0 Å². The van der Waals surface area contributed by atoms with Gasteiger partial charge >= 0.3 is 5.97 Å². The van der Waals surface area contributed by atoms with Crippen molar-refractivity contribution < 1.29 is 9.53 Å². The monoisotopic (exact) mass is 212 g/mol. The Labute approximate surface area is 88.8 Å². The first-order valence-electron chi connectivity index (χ1n) is 4.58. The van der Waals surface area contributed by atoms with Crippen LogP contribution in [0.4, 0.5) is 0 Å². The maximum atomic E-state index is 11.1. The number of hydrogen-bond donors (Lipinski definition) is 0. The Balaban J connectivity index is 2.24. The van der Waals surface area contributed by atoms with Crippen molar-refractivity contribution in [1.29, 1.82) is 0 Å². The van der Waals surface area contributed by atoms with Crippen molar-refractivity contribution in [2.24, 2.45) is 0 Å². The lowest BCUT2D eigenvalue weighted by molar-refractivity contribution is -0.144. The van der Waals surface area contributed by atoms with Gasteiger partial charge in [0.2, 0.25) is 0 Å². The normalized spacial score (nSPS) is 9.79. The highest BCUT2D eigenvalue weighted by Gasteiger charge is 2.01. The van der Waals surface area contributed by atoms with Gasteiger partial charge in [0, 0.05) is 12.3 Å². The molecule has 0 atom stereocenters. The molecule has 0 bridgehead atoms. The Kier molecular flexibility index (Phi) is 5.08. The molecule has 1 aromatic rings. The minimum atomic E-state index is -0.186. The molecule has 0 radical (unpaired) electrons. The maximum absolute atomic E-state index is 11.1. The number of esters is 1. The van der Waals surface area contributed by atoms with Crippen molar-refractivity contribution in [3.63, 3.8) is 0 Å². The summed E-state index contributed by atoms with van der Waals surface area (Å²) in [5.41, 5.74) is 1.01. The molecule has 0 saturated heterocycles. The Morgan fingerprint density at radius 3 is 2.64 bits per heavy atom. The second-order valence-corrected chi connectivity index (χ2v) is 3.32. The van der Waals surface area contributed by atoms with Gasteiger partial charge in [0.1, 0.15) is 6.61 Å². The number of hydrogen-bond acceptors (Lipinski definition) is 2. The molecule has 0 saturated carbocycles. The van der Waals surface area contributed by atoms with E-state index in [1.54, 1.807) is 0 Å². The third-order valence-corrected chi connectivity index (χ3v) is 2.02. The van der Waals surface area contributed by atoms with Gasteiger partial charge in [0.05, 0.1) is 0 Å². The average molecular weight is 213 g/mol. The van der Waals surface area contributed by atoms with Crippen LogP contribution in [0.1, 0.15) is 18.4 Å². The molecule has 2 nitrogen and oxygen atoms in total. The highest BCUT2D eigenvalue weighted by atomic mass is 35.5. The molecule has 0 aliphatic rings. The standard InChI is InChI=1S/C11H13ClO2/c12-8-4-7-11(13)14-9-10-5-2-1-3-6-10/h1-3,5-6H,4,7-9H2. The molecule has 0 aliphatic carbocycles. The molecule has 0 heterocycles. The molecule has 0 fully saturated rings. The molecular formula is C11H13ClO2. The van der Waals surface area contributed by atoms with E-state index in [0.717, 1.165) is 5.56 Å². The topological polar surface area (TPSA) is 26.3 Å². The third kappa shape index (κ3) is 4.28. The lowest BCUT2D eigenvalue weighted by Crippen LogP contribution is -2.04. The molecule has 1 rings (SSSR count). The van der Waals surface area contributed by atoms with Crippen molar-refractivity contribution in [2.75, 3.05) is 5.88 Å². The van der Waals surface area contributed by atoms with E-state index >= 15 is 0 Å². The summed E-state index contributed by atoms with van der Waals surface area (Å²) in [6.07, 6.45) is 1.07. The van der Waals surface area contributed by atoms with Crippen molar-refractivity contribution in [3.05, 3.63) is 35.9 Å². The predicted molar refractivity (Wildman–Crippen MR) is 56.2 cm³/mol. The summed E-state index contributed by atoms with van der Waals surface area (Å²) in [6.45, 7) is 0.349. The number of benzene rings is 1. The Hall–Kier alpha value is -1.02. The van der Waals surface area contributed by atoms with E-state index in [-0.39, 0.29) is 5.97 Å². The first-order chi connectivity index (χ1) is 6.83. The van der Waals surface area contributed by atoms with Gasteiger partial charge in [0.25, 0.3) is 0 Å². The zero-order valence-corrected chi connectivity index (χ0v) is 8.67.